The van der Waals surface area contributed by atoms with Gasteiger partial charge in [0.1, 0.15) is 5.76 Å². The Balaban J connectivity index is 1.96. The summed E-state index contributed by atoms with van der Waals surface area (Å²) in [5.41, 5.74) is -0.591. The Morgan fingerprint density at radius 2 is 2.00 bits per heavy atom. The molecule has 120 valence electrons. The van der Waals surface area contributed by atoms with Crippen LogP contribution in [0.4, 0.5) is 5.69 Å². The molecule has 5 heteroatoms. The van der Waals surface area contributed by atoms with E-state index in [-0.39, 0.29) is 18.2 Å². The molecule has 1 aromatic heterocycles. The number of hydrogen-bond donors (Lipinski definition) is 1. The summed E-state index contributed by atoms with van der Waals surface area (Å²) in [5, 5.41) is 4.97. The molecule has 0 amide bonds. The van der Waals surface area contributed by atoms with Crippen molar-refractivity contribution in [2.24, 2.45) is 0 Å². The maximum Gasteiger partial charge on any atom is 0.348 e. The summed E-state index contributed by atoms with van der Waals surface area (Å²) in [4.78, 5) is 25.9. The van der Waals surface area contributed by atoms with E-state index in [4.69, 9.17) is 9.15 Å². The number of carbonyl (C=O) groups is 2. The molecule has 0 unspecified atom stereocenters. The van der Waals surface area contributed by atoms with E-state index in [9.17, 15) is 9.59 Å². The second kappa shape index (κ2) is 5.23. The Morgan fingerprint density at radius 3 is 2.75 bits per heavy atom. The molecule has 2 aromatic carbocycles. The van der Waals surface area contributed by atoms with Crippen molar-refractivity contribution in [1.82, 2.24) is 0 Å². The molecular weight excluding hydrogens is 306 g/mol. The molecule has 3 aromatic rings. The molecule has 1 N–H and O–H groups in total. The zero-order chi connectivity index (χ0) is 16.7. The van der Waals surface area contributed by atoms with E-state index in [2.05, 4.69) is 5.32 Å². The quantitative estimate of drug-likeness (QED) is 0.590. The number of ether oxygens (including phenoxy) is 1. The van der Waals surface area contributed by atoms with Gasteiger partial charge in [-0.25, -0.2) is 4.79 Å². The lowest BCUT2D eigenvalue weighted by Crippen LogP contribution is -2.47. The predicted octanol–water partition coefficient (Wildman–Crippen LogP) is 3.50. The number of anilines is 1. The zero-order valence-electron chi connectivity index (χ0n) is 13.0. The van der Waals surface area contributed by atoms with Gasteiger partial charge in [-0.15, -0.1) is 0 Å². The second-order valence-corrected chi connectivity index (χ2v) is 5.61. The van der Waals surface area contributed by atoms with Gasteiger partial charge in [-0.1, -0.05) is 30.3 Å². The third-order valence-corrected chi connectivity index (χ3v) is 4.30. The predicted molar refractivity (Wildman–Crippen MR) is 88.9 cm³/mol. The Hall–Kier alpha value is -3.08. The van der Waals surface area contributed by atoms with Crippen molar-refractivity contribution >= 4 is 28.2 Å². The van der Waals surface area contributed by atoms with Crippen LogP contribution in [0.2, 0.25) is 0 Å². The van der Waals surface area contributed by atoms with E-state index in [1.165, 1.54) is 6.26 Å². The maximum absolute atomic E-state index is 13.2. The van der Waals surface area contributed by atoms with Gasteiger partial charge in [0.2, 0.25) is 5.78 Å². The molecule has 0 saturated carbocycles. The number of benzene rings is 2. The van der Waals surface area contributed by atoms with Gasteiger partial charge in [-0.3, -0.25) is 4.79 Å². The molecule has 2 heterocycles. The fourth-order valence-electron chi connectivity index (χ4n) is 3.19. The third-order valence-electron chi connectivity index (χ3n) is 4.30. The van der Waals surface area contributed by atoms with Crippen LogP contribution in [0, 0.1) is 0 Å². The molecule has 0 radical (unpaired) electrons. The first-order chi connectivity index (χ1) is 11.7. The summed E-state index contributed by atoms with van der Waals surface area (Å²) < 4.78 is 10.6. The van der Waals surface area contributed by atoms with Crippen molar-refractivity contribution in [2.75, 3.05) is 11.9 Å². The topological polar surface area (TPSA) is 68.5 Å². The molecule has 0 aliphatic carbocycles. The molecule has 24 heavy (non-hydrogen) atoms. The summed E-state index contributed by atoms with van der Waals surface area (Å²) in [6, 6.07) is 14.6. The van der Waals surface area contributed by atoms with Crippen LogP contribution in [0.1, 0.15) is 23.0 Å². The molecule has 0 saturated heterocycles. The minimum atomic E-state index is -1.67. The van der Waals surface area contributed by atoms with Crippen LogP contribution < -0.4 is 5.32 Å². The maximum atomic E-state index is 13.2. The highest BCUT2D eigenvalue weighted by molar-refractivity contribution is 6.27. The largest absolute Gasteiger partial charge is 0.466 e. The molecule has 5 nitrogen and oxygen atoms in total. The number of hydrogen-bond acceptors (Lipinski definition) is 5. The van der Waals surface area contributed by atoms with Gasteiger partial charge in [-0.2, -0.15) is 0 Å². The molecule has 0 spiro atoms. The molecule has 0 fully saturated rings. The van der Waals surface area contributed by atoms with Gasteiger partial charge in [0.25, 0.3) is 5.54 Å². The summed E-state index contributed by atoms with van der Waals surface area (Å²) in [5.74, 6) is -0.798. The van der Waals surface area contributed by atoms with Crippen molar-refractivity contribution in [3.63, 3.8) is 0 Å². The van der Waals surface area contributed by atoms with Crippen LogP contribution in [-0.2, 0) is 15.1 Å². The van der Waals surface area contributed by atoms with E-state index in [0.717, 1.165) is 10.8 Å². The van der Waals surface area contributed by atoms with Gasteiger partial charge in [-0.05, 0) is 30.5 Å². The van der Waals surface area contributed by atoms with Crippen molar-refractivity contribution in [3.8, 4) is 0 Å². The van der Waals surface area contributed by atoms with Crippen molar-refractivity contribution < 1.29 is 18.7 Å². The van der Waals surface area contributed by atoms with E-state index >= 15 is 0 Å². The number of esters is 1. The Bertz CT molecular complexity index is 945. The number of fused-ring (bicyclic) bond motifs is 3. The highest BCUT2D eigenvalue weighted by atomic mass is 16.5. The summed E-state index contributed by atoms with van der Waals surface area (Å²) >= 11 is 0. The number of nitrogens with one attached hydrogen (secondary N) is 1. The minimum Gasteiger partial charge on any atom is -0.466 e. The van der Waals surface area contributed by atoms with Gasteiger partial charge in [0.05, 0.1) is 18.6 Å². The highest BCUT2D eigenvalue weighted by Crippen LogP contribution is 2.43. The molecule has 4 rings (SSSR count). The van der Waals surface area contributed by atoms with Gasteiger partial charge in [0, 0.05) is 10.9 Å². The van der Waals surface area contributed by atoms with Crippen molar-refractivity contribution in [1.29, 1.82) is 0 Å². The number of rotatable bonds is 3. The average molecular weight is 321 g/mol. The number of ketones is 1. The molecular formula is C19H15NO4. The van der Waals surface area contributed by atoms with Crippen LogP contribution in [-0.4, -0.2) is 18.4 Å². The van der Waals surface area contributed by atoms with E-state index in [1.807, 2.05) is 30.3 Å². The average Bonchev–Trinajstić information content (AvgIpc) is 3.22. The normalized spacial score (nSPS) is 19.1. The first kappa shape index (κ1) is 14.5. The molecule has 1 aliphatic heterocycles. The van der Waals surface area contributed by atoms with E-state index in [1.54, 1.807) is 25.1 Å². The Labute approximate surface area is 138 Å². The second-order valence-electron chi connectivity index (χ2n) is 5.61. The highest BCUT2D eigenvalue weighted by Gasteiger charge is 2.56. The van der Waals surface area contributed by atoms with Crippen molar-refractivity contribution in [2.45, 2.75) is 12.5 Å². The summed E-state index contributed by atoms with van der Waals surface area (Å²) in [6.07, 6.45) is 1.44. The van der Waals surface area contributed by atoms with Crippen LogP contribution in [0.25, 0.3) is 10.8 Å². The first-order valence-electron chi connectivity index (χ1n) is 7.74. The third kappa shape index (κ3) is 1.81. The smallest absolute Gasteiger partial charge is 0.348 e. The van der Waals surface area contributed by atoms with Crippen LogP contribution in [0.3, 0.4) is 0 Å². The van der Waals surface area contributed by atoms with Gasteiger partial charge >= 0.3 is 5.97 Å². The van der Waals surface area contributed by atoms with Crippen LogP contribution >= 0.6 is 0 Å². The standard InChI is InChI=1S/C19H15NO4/c1-2-23-18(22)19(15-8-5-11-24-15)17(21)14-10-9-12-6-3-4-7-13(12)16(14)20-19/h3-11,20H,2H2,1H3/t19-/m1/s1. The van der Waals surface area contributed by atoms with Crippen molar-refractivity contribution in [3.05, 3.63) is 66.1 Å². The summed E-state index contributed by atoms with van der Waals surface area (Å²) in [6.45, 7) is 1.88. The zero-order valence-corrected chi connectivity index (χ0v) is 13.0. The number of Topliss-reactive ketones (excluding diaryl/α,β-unsaturated/α-hetero) is 1. The van der Waals surface area contributed by atoms with Crippen LogP contribution in [0.5, 0.6) is 0 Å². The molecule has 1 atom stereocenters. The molecule has 0 bridgehead atoms. The lowest BCUT2D eigenvalue weighted by atomic mass is 9.90. The first-order valence-corrected chi connectivity index (χ1v) is 7.74. The van der Waals surface area contributed by atoms with E-state index in [0.29, 0.717) is 11.3 Å². The molecule has 1 aliphatic rings. The van der Waals surface area contributed by atoms with Crippen LogP contribution in [0.15, 0.2) is 59.2 Å². The van der Waals surface area contributed by atoms with Gasteiger partial charge < -0.3 is 14.5 Å². The van der Waals surface area contributed by atoms with Gasteiger partial charge in [0.15, 0.2) is 0 Å². The Morgan fingerprint density at radius 1 is 1.17 bits per heavy atom. The SMILES string of the molecule is CCOC(=O)[C@]1(c2ccco2)Nc2c(ccc3ccccc23)C1=O. The summed E-state index contributed by atoms with van der Waals surface area (Å²) in [7, 11) is 0. The monoisotopic (exact) mass is 321 g/mol. The Kier molecular flexibility index (Phi) is 3.16. The minimum absolute atomic E-state index is 0.174. The number of carbonyl (C=O) groups excluding carboxylic acids is 2. The lowest BCUT2D eigenvalue weighted by molar-refractivity contribution is -0.147. The number of furan rings is 1. The van der Waals surface area contributed by atoms with E-state index < -0.39 is 11.5 Å². The lowest BCUT2D eigenvalue weighted by Gasteiger charge is -2.23. The fraction of sp³-hybridized carbons (Fsp3) is 0.158. The fourth-order valence-corrected chi connectivity index (χ4v) is 3.19.